The van der Waals surface area contributed by atoms with Gasteiger partial charge in [-0.3, -0.25) is 10.1 Å². The van der Waals surface area contributed by atoms with E-state index in [4.69, 9.17) is 4.74 Å². The third-order valence-electron chi connectivity index (χ3n) is 3.38. The Morgan fingerprint density at radius 2 is 1.88 bits per heavy atom. The van der Waals surface area contributed by atoms with E-state index >= 15 is 0 Å². The maximum absolute atomic E-state index is 12.3. The Morgan fingerprint density at radius 3 is 2.64 bits per heavy atom. The molecule has 0 saturated heterocycles. The molecule has 0 spiro atoms. The first-order chi connectivity index (χ1) is 12.0. The molecular weight excluding hydrogens is 354 g/mol. The first kappa shape index (κ1) is 17.7. The lowest BCUT2D eigenvalue weighted by molar-refractivity contribution is -0.122. The van der Waals surface area contributed by atoms with Gasteiger partial charge in [0.05, 0.1) is 0 Å². The van der Waals surface area contributed by atoms with Crippen molar-refractivity contribution in [2.75, 3.05) is 5.32 Å². The summed E-state index contributed by atoms with van der Waals surface area (Å²) in [5, 5.41) is 13.9. The molecule has 3 aromatic rings. The number of nitrogens with one attached hydrogen (secondary N) is 1. The minimum Gasteiger partial charge on any atom is -0.481 e. The Hall–Kier alpha value is -2.12. The summed E-state index contributed by atoms with van der Waals surface area (Å²) in [6.45, 7) is 5.89. The summed E-state index contributed by atoms with van der Waals surface area (Å²) in [5.41, 5.74) is 0. The summed E-state index contributed by atoms with van der Waals surface area (Å²) in [7, 11) is 0. The number of rotatable bonds is 6. The molecule has 1 aromatic heterocycles. The van der Waals surface area contributed by atoms with Crippen molar-refractivity contribution in [2.24, 2.45) is 0 Å². The van der Waals surface area contributed by atoms with Crippen molar-refractivity contribution in [3.05, 3.63) is 42.5 Å². The molecule has 5 nitrogen and oxygen atoms in total. The van der Waals surface area contributed by atoms with E-state index in [9.17, 15) is 4.79 Å². The van der Waals surface area contributed by atoms with Gasteiger partial charge >= 0.3 is 0 Å². The molecule has 1 heterocycles. The number of benzene rings is 2. The number of carbonyl (C=O) groups excluding carboxylic acids is 1. The fourth-order valence-electron chi connectivity index (χ4n) is 2.21. The number of thioether (sulfide) groups is 1. The van der Waals surface area contributed by atoms with Gasteiger partial charge in [0.2, 0.25) is 5.13 Å². The lowest BCUT2D eigenvalue weighted by Crippen LogP contribution is -2.30. The molecule has 1 atom stereocenters. The van der Waals surface area contributed by atoms with E-state index in [0.29, 0.717) is 16.1 Å². The normalized spacial score (nSPS) is 12.3. The minimum atomic E-state index is -0.633. The van der Waals surface area contributed by atoms with Crippen LogP contribution in [0.5, 0.6) is 5.75 Å². The summed E-state index contributed by atoms with van der Waals surface area (Å²) < 4.78 is 6.61. The van der Waals surface area contributed by atoms with E-state index in [2.05, 4.69) is 29.4 Å². The van der Waals surface area contributed by atoms with Gasteiger partial charge in [0.25, 0.3) is 5.91 Å². The molecule has 0 unspecified atom stereocenters. The SMILES string of the molecule is CC(C)Sc1nnc(NC(=O)[C@@H](C)Oc2ccc3ccccc3c2)s1. The van der Waals surface area contributed by atoms with Crippen LogP contribution in [0, 0.1) is 0 Å². The van der Waals surface area contributed by atoms with Crippen LogP contribution in [0.25, 0.3) is 10.8 Å². The number of carbonyl (C=O) groups is 1. The van der Waals surface area contributed by atoms with Crippen LogP contribution in [0.4, 0.5) is 5.13 Å². The van der Waals surface area contributed by atoms with Gasteiger partial charge in [0.15, 0.2) is 10.4 Å². The molecule has 0 saturated carbocycles. The summed E-state index contributed by atoms with van der Waals surface area (Å²) in [5.74, 6) is 0.417. The van der Waals surface area contributed by atoms with Crippen molar-refractivity contribution in [1.29, 1.82) is 0 Å². The molecule has 0 fully saturated rings. The average Bonchev–Trinajstić information content (AvgIpc) is 3.00. The first-order valence-corrected chi connectivity index (χ1v) is 9.67. The predicted molar refractivity (Wildman–Crippen MR) is 104 cm³/mol. The highest BCUT2D eigenvalue weighted by Gasteiger charge is 2.17. The van der Waals surface area contributed by atoms with Crippen LogP contribution in [0.1, 0.15) is 20.8 Å². The highest BCUT2D eigenvalue weighted by Crippen LogP contribution is 2.28. The second-order valence-corrected chi connectivity index (χ2v) is 8.60. The van der Waals surface area contributed by atoms with Gasteiger partial charge < -0.3 is 4.74 Å². The number of anilines is 1. The first-order valence-electron chi connectivity index (χ1n) is 7.98. The lowest BCUT2D eigenvalue weighted by Gasteiger charge is -2.14. The fourth-order valence-corrected chi connectivity index (χ4v) is 4.19. The topological polar surface area (TPSA) is 64.1 Å². The van der Waals surface area contributed by atoms with Crippen molar-refractivity contribution >= 4 is 44.9 Å². The van der Waals surface area contributed by atoms with Crippen LogP contribution in [0.15, 0.2) is 46.8 Å². The second-order valence-electron chi connectivity index (χ2n) is 5.80. The number of nitrogens with zero attached hydrogens (tertiary/aromatic N) is 2. The van der Waals surface area contributed by atoms with Gasteiger partial charge in [-0.1, -0.05) is 67.3 Å². The van der Waals surface area contributed by atoms with E-state index in [0.717, 1.165) is 15.1 Å². The molecule has 1 N–H and O–H groups in total. The van der Waals surface area contributed by atoms with Crippen LogP contribution >= 0.6 is 23.1 Å². The summed E-state index contributed by atoms with van der Waals surface area (Å²) in [6, 6.07) is 13.8. The lowest BCUT2D eigenvalue weighted by atomic mass is 10.1. The average molecular weight is 374 g/mol. The monoisotopic (exact) mass is 373 g/mol. The van der Waals surface area contributed by atoms with Crippen LogP contribution in [0.3, 0.4) is 0 Å². The van der Waals surface area contributed by atoms with E-state index < -0.39 is 6.10 Å². The molecule has 0 radical (unpaired) electrons. The number of hydrogen-bond acceptors (Lipinski definition) is 6. The maximum Gasteiger partial charge on any atom is 0.266 e. The molecule has 130 valence electrons. The molecule has 0 aliphatic heterocycles. The van der Waals surface area contributed by atoms with E-state index in [1.54, 1.807) is 18.7 Å². The van der Waals surface area contributed by atoms with Gasteiger partial charge in [-0.25, -0.2) is 0 Å². The maximum atomic E-state index is 12.3. The number of hydrogen-bond donors (Lipinski definition) is 1. The largest absolute Gasteiger partial charge is 0.481 e. The Labute approximate surface area is 154 Å². The highest BCUT2D eigenvalue weighted by atomic mass is 32.2. The molecule has 1 amide bonds. The molecule has 2 aromatic carbocycles. The van der Waals surface area contributed by atoms with Crippen molar-refractivity contribution in [3.63, 3.8) is 0 Å². The molecule has 0 bridgehead atoms. The van der Waals surface area contributed by atoms with Crippen molar-refractivity contribution in [2.45, 2.75) is 36.5 Å². The van der Waals surface area contributed by atoms with Gasteiger partial charge in [-0.15, -0.1) is 10.2 Å². The summed E-state index contributed by atoms with van der Waals surface area (Å²) >= 11 is 2.99. The Kier molecular flexibility index (Phi) is 5.55. The van der Waals surface area contributed by atoms with Gasteiger partial charge in [0, 0.05) is 5.25 Å². The van der Waals surface area contributed by atoms with Gasteiger partial charge in [-0.05, 0) is 29.8 Å². The van der Waals surface area contributed by atoms with E-state index in [1.165, 1.54) is 11.3 Å². The number of amides is 1. The van der Waals surface area contributed by atoms with Gasteiger partial charge in [-0.2, -0.15) is 0 Å². The third-order valence-corrected chi connectivity index (χ3v) is 5.30. The third kappa shape index (κ3) is 4.70. The Balaban J connectivity index is 1.62. The van der Waals surface area contributed by atoms with Crippen molar-refractivity contribution < 1.29 is 9.53 Å². The zero-order valence-electron chi connectivity index (χ0n) is 14.2. The second kappa shape index (κ2) is 7.84. The van der Waals surface area contributed by atoms with Crippen molar-refractivity contribution in [3.8, 4) is 5.75 Å². The zero-order valence-corrected chi connectivity index (χ0v) is 15.9. The smallest absolute Gasteiger partial charge is 0.266 e. The van der Waals surface area contributed by atoms with Gasteiger partial charge in [0.1, 0.15) is 5.75 Å². The highest BCUT2D eigenvalue weighted by molar-refractivity contribution is 8.01. The predicted octanol–water partition coefficient (Wildman–Crippen LogP) is 4.60. The zero-order chi connectivity index (χ0) is 17.8. The molecule has 25 heavy (non-hydrogen) atoms. The minimum absolute atomic E-state index is 0.245. The summed E-state index contributed by atoms with van der Waals surface area (Å²) in [4.78, 5) is 12.3. The Morgan fingerprint density at radius 1 is 1.12 bits per heavy atom. The number of fused-ring (bicyclic) bond motifs is 1. The molecule has 0 aliphatic carbocycles. The quantitative estimate of drug-likeness (QED) is 0.505. The fraction of sp³-hybridized carbons (Fsp3) is 0.278. The number of aromatic nitrogens is 2. The van der Waals surface area contributed by atoms with Crippen LogP contribution in [-0.2, 0) is 4.79 Å². The van der Waals surface area contributed by atoms with Crippen LogP contribution in [-0.4, -0.2) is 27.5 Å². The number of ether oxygens (including phenoxy) is 1. The molecule has 3 rings (SSSR count). The van der Waals surface area contributed by atoms with Crippen LogP contribution < -0.4 is 10.1 Å². The van der Waals surface area contributed by atoms with Crippen LogP contribution in [0.2, 0.25) is 0 Å². The van der Waals surface area contributed by atoms with E-state index in [-0.39, 0.29) is 5.91 Å². The summed E-state index contributed by atoms with van der Waals surface area (Å²) in [6.07, 6.45) is -0.633. The van der Waals surface area contributed by atoms with Crippen molar-refractivity contribution in [1.82, 2.24) is 10.2 Å². The standard InChI is InChI=1S/C18H19N3O2S2/c1-11(2)24-18-21-20-17(25-18)19-16(22)12(3)23-15-9-8-13-6-4-5-7-14(13)10-15/h4-12H,1-3H3,(H,19,20,22)/t12-/m1/s1. The Bertz CT molecular complexity index is 879. The molecule has 7 heteroatoms. The van der Waals surface area contributed by atoms with E-state index in [1.807, 2.05) is 42.5 Å². The molecule has 0 aliphatic rings. The molecular formula is C18H19N3O2S2.